The first-order valence-corrected chi connectivity index (χ1v) is 29.5. The summed E-state index contributed by atoms with van der Waals surface area (Å²) in [6, 6.07) is 102. The molecule has 0 amide bonds. The van der Waals surface area contributed by atoms with Crippen LogP contribution in [0.5, 0.6) is 0 Å². The molecule has 5 aromatic heterocycles. The van der Waals surface area contributed by atoms with Gasteiger partial charge in [0.1, 0.15) is 0 Å². The van der Waals surface area contributed by atoms with Crippen LogP contribution in [-0.4, -0.2) is 47.8 Å². The van der Waals surface area contributed by atoms with E-state index in [1.807, 2.05) is 248 Å². The second-order valence-electron chi connectivity index (χ2n) is 21.0. The zero-order chi connectivity index (χ0) is 61.9. The van der Waals surface area contributed by atoms with E-state index in [1.54, 1.807) is 18.6 Å². The number of aromatic nitrogens is 10. The molecule has 0 atom stereocenters. The van der Waals surface area contributed by atoms with Crippen LogP contribution in [0, 0.1) is 30.3 Å². The van der Waals surface area contributed by atoms with Crippen molar-refractivity contribution in [2.75, 3.05) is 0 Å². The van der Waals surface area contributed by atoms with Crippen molar-refractivity contribution in [3.05, 3.63) is 335 Å². The van der Waals surface area contributed by atoms with Gasteiger partial charge < -0.3 is 22.8 Å². The second-order valence-corrected chi connectivity index (χ2v) is 21.0. The molecule has 0 aliphatic rings. The summed E-state index contributed by atoms with van der Waals surface area (Å²) in [4.78, 5) is 22.2. The van der Waals surface area contributed by atoms with Gasteiger partial charge in [0.2, 0.25) is 0 Å². The second kappa shape index (κ2) is 38.1. The molecule has 15 rings (SSSR count). The van der Waals surface area contributed by atoms with E-state index in [2.05, 4.69) is 151 Å². The average Bonchev–Trinajstić information content (AvgIpc) is 1.78. The molecule has 0 aliphatic heterocycles. The van der Waals surface area contributed by atoms with Crippen molar-refractivity contribution in [1.82, 2.24) is 47.8 Å². The molecule has 485 valence electrons. The molecule has 95 heavy (non-hydrogen) atoms. The van der Waals surface area contributed by atoms with Crippen molar-refractivity contribution >= 4 is 0 Å². The molecule has 0 spiro atoms. The Morgan fingerprint density at radius 3 is 1.22 bits per heavy atom. The van der Waals surface area contributed by atoms with Gasteiger partial charge in [-0.1, -0.05) is 174 Å². The monoisotopic (exact) mass is 2130 g/mol. The SMILES string of the molecule is Cn1c(-c2ccccc2)cnc1-c1[c-]cccc1.Cn1cc(-c2ccccc2)nc1-c1[c-]cccc1.Cn1ccnc1-c1[c-]c(-c2ccccc2)ccc1.Cn1ccnc1-c1[c-]cc(-c2ccccc2)cc1.Cn1ccnc1-c1[c-]ccc(-c2ccccc2)c1.[Ir].[Ir].[Ir].[Ir].[Ir]. The van der Waals surface area contributed by atoms with Crippen LogP contribution in [0.1, 0.15) is 0 Å². The number of hydrogen-bond donors (Lipinski definition) is 0. The third-order valence-electron chi connectivity index (χ3n) is 14.8. The average molecular weight is 2130 g/mol. The van der Waals surface area contributed by atoms with Crippen molar-refractivity contribution in [2.45, 2.75) is 0 Å². The summed E-state index contributed by atoms with van der Waals surface area (Å²) in [5, 5.41) is 0. The Morgan fingerprint density at radius 1 is 0.295 bits per heavy atom. The quantitative estimate of drug-likeness (QED) is 0.127. The Labute approximate surface area is 625 Å². The van der Waals surface area contributed by atoms with E-state index in [0.717, 1.165) is 79.5 Å². The Morgan fingerprint density at radius 2 is 0.726 bits per heavy atom. The molecule has 5 radical (unpaired) electrons. The molecular formula is C80H65Ir5N10-5. The van der Waals surface area contributed by atoms with E-state index in [1.165, 1.54) is 33.4 Å². The van der Waals surface area contributed by atoms with Gasteiger partial charge in [0, 0.05) is 191 Å². The fourth-order valence-electron chi connectivity index (χ4n) is 10.1. The normalized spacial score (nSPS) is 9.95. The largest absolute Gasteiger partial charge is 0.373 e. The van der Waals surface area contributed by atoms with Gasteiger partial charge in [-0.2, -0.15) is 0 Å². The van der Waals surface area contributed by atoms with E-state index in [-0.39, 0.29) is 101 Å². The van der Waals surface area contributed by atoms with Gasteiger partial charge >= 0.3 is 0 Å². The fourth-order valence-corrected chi connectivity index (χ4v) is 10.1. The van der Waals surface area contributed by atoms with Crippen LogP contribution in [-0.2, 0) is 136 Å². The summed E-state index contributed by atoms with van der Waals surface area (Å²) < 4.78 is 10.1. The molecule has 10 nitrogen and oxygen atoms in total. The Bertz CT molecular complexity index is 4410. The number of hydrogen-bond acceptors (Lipinski definition) is 5. The predicted molar refractivity (Wildman–Crippen MR) is 365 cm³/mol. The summed E-state index contributed by atoms with van der Waals surface area (Å²) in [6.07, 6.45) is 15.2. The molecule has 0 aliphatic carbocycles. The number of rotatable bonds is 10. The number of benzene rings is 10. The smallest absolute Gasteiger partial charge is 0.0768 e. The van der Waals surface area contributed by atoms with E-state index in [4.69, 9.17) is 0 Å². The standard InChI is InChI=1S/5C16H13N2.5Ir/c1-18-12-15(13-8-4-2-5-9-13)17-16(18)14-10-6-3-7-11-14;1-18-15(13-8-4-2-5-9-13)12-17-16(18)14-10-6-3-7-11-14;2*1-18-11-10-17-16(18)15-9-5-8-14(12-15)13-6-3-2-4-7-13;1-18-12-11-17-16(18)15-9-7-14(8-10-15)13-5-3-2-4-6-13;;;;;/h2*2-10,12H,1H3;2-8,10-12H,1H3;2-11H,1H3;2-9,11-12H,1H3;;;;;/q5*-1;;;;;. The predicted octanol–water partition coefficient (Wildman–Crippen LogP) is 17.8. The minimum atomic E-state index is 0. The maximum absolute atomic E-state index is 4.68. The minimum absolute atomic E-state index is 0. The minimum Gasteiger partial charge on any atom is -0.373 e. The number of nitrogens with zero attached hydrogens (tertiary/aromatic N) is 10. The van der Waals surface area contributed by atoms with E-state index < -0.39 is 0 Å². The zero-order valence-electron chi connectivity index (χ0n) is 52.5. The molecule has 15 heteroatoms. The van der Waals surface area contributed by atoms with Crippen molar-refractivity contribution in [3.8, 4) is 113 Å². The zero-order valence-corrected chi connectivity index (χ0v) is 64.5. The first kappa shape index (κ1) is 75.5. The van der Waals surface area contributed by atoms with Crippen LogP contribution < -0.4 is 0 Å². The van der Waals surface area contributed by atoms with E-state index in [0.29, 0.717) is 0 Å². The van der Waals surface area contributed by atoms with E-state index in [9.17, 15) is 0 Å². The van der Waals surface area contributed by atoms with Gasteiger partial charge in [-0.3, -0.25) is 24.9 Å². The first-order valence-electron chi connectivity index (χ1n) is 29.5. The summed E-state index contributed by atoms with van der Waals surface area (Å²) in [5.74, 6) is 4.69. The Balaban J connectivity index is 0.000000186. The molecule has 10 aromatic carbocycles. The molecule has 0 fully saturated rings. The fraction of sp³-hybridized carbons (Fsp3) is 0.0625. The van der Waals surface area contributed by atoms with Gasteiger partial charge in [0.15, 0.2) is 0 Å². The van der Waals surface area contributed by atoms with Crippen LogP contribution in [0.2, 0.25) is 0 Å². The third kappa shape index (κ3) is 20.0. The molecular weight excluding hydrogens is 2060 g/mol. The van der Waals surface area contributed by atoms with Gasteiger partial charge in [-0.15, -0.1) is 167 Å². The molecule has 0 bridgehead atoms. The Kier molecular flexibility index (Phi) is 30.3. The summed E-state index contributed by atoms with van der Waals surface area (Å²) in [5.41, 5.74) is 16.5. The van der Waals surface area contributed by atoms with Crippen LogP contribution in [0.3, 0.4) is 0 Å². The van der Waals surface area contributed by atoms with Crippen LogP contribution in [0.25, 0.3) is 113 Å². The first-order chi connectivity index (χ1) is 44.2. The molecule has 0 saturated carbocycles. The molecule has 0 N–H and O–H groups in total. The summed E-state index contributed by atoms with van der Waals surface area (Å²) >= 11 is 0. The number of imidazole rings is 5. The Hall–Kier alpha value is -8.50. The van der Waals surface area contributed by atoms with Crippen molar-refractivity contribution in [3.63, 3.8) is 0 Å². The third-order valence-corrected chi connectivity index (χ3v) is 14.8. The van der Waals surface area contributed by atoms with Crippen LogP contribution in [0.4, 0.5) is 0 Å². The van der Waals surface area contributed by atoms with Crippen LogP contribution in [0.15, 0.2) is 304 Å². The maximum Gasteiger partial charge on any atom is 0.0768 e. The van der Waals surface area contributed by atoms with Crippen molar-refractivity contribution in [2.24, 2.45) is 35.2 Å². The molecule has 0 saturated heterocycles. The van der Waals surface area contributed by atoms with Gasteiger partial charge in [0.25, 0.3) is 0 Å². The van der Waals surface area contributed by atoms with Gasteiger partial charge in [-0.25, -0.2) is 0 Å². The van der Waals surface area contributed by atoms with E-state index >= 15 is 0 Å². The molecule has 15 aromatic rings. The van der Waals surface area contributed by atoms with Gasteiger partial charge in [-0.05, 0) is 11.1 Å². The summed E-state index contributed by atoms with van der Waals surface area (Å²) in [7, 11) is 10.0. The maximum atomic E-state index is 4.68. The van der Waals surface area contributed by atoms with Crippen molar-refractivity contribution in [1.29, 1.82) is 0 Å². The molecule has 5 heterocycles. The molecule has 0 unspecified atom stereocenters. The topological polar surface area (TPSA) is 89.1 Å². The van der Waals surface area contributed by atoms with Gasteiger partial charge in [0.05, 0.1) is 40.5 Å². The summed E-state index contributed by atoms with van der Waals surface area (Å²) in [6.45, 7) is 0. The number of aryl methyl sites for hydroxylation is 4. The van der Waals surface area contributed by atoms with Crippen LogP contribution >= 0.6 is 0 Å². The van der Waals surface area contributed by atoms with Crippen molar-refractivity contribution < 1.29 is 101 Å².